The molecule has 1 aromatic carbocycles. The Morgan fingerprint density at radius 1 is 1.15 bits per heavy atom. The lowest BCUT2D eigenvalue weighted by molar-refractivity contribution is -0.788. The highest BCUT2D eigenvalue weighted by atomic mass is 32.1. The second-order valence-electron chi connectivity index (χ2n) is 8.70. The molecular weight excluding hydrogens is 347 g/mol. The molecule has 1 saturated heterocycles. The molecule has 3 rings (SSSR count). The van der Waals surface area contributed by atoms with Crippen LogP contribution in [0, 0.1) is 5.82 Å². The maximum Gasteiger partial charge on any atom is 0.254 e. The Morgan fingerprint density at radius 2 is 1.77 bits per heavy atom. The summed E-state index contributed by atoms with van der Waals surface area (Å²) in [6.45, 7) is 9.57. The second kappa shape index (κ2) is 7.12. The monoisotopic (exact) mass is 375 g/mol. The number of hydrogen-bond acceptors (Lipinski definition) is 2. The normalized spacial score (nSPS) is 19.3. The van der Waals surface area contributed by atoms with Gasteiger partial charge in [-0.3, -0.25) is 4.79 Å². The number of hydrogen-bond donors (Lipinski definition) is 1. The first kappa shape index (κ1) is 19.1. The highest BCUT2D eigenvalue weighted by molar-refractivity contribution is 7.09. The molecule has 0 unspecified atom stereocenters. The largest absolute Gasteiger partial charge is 0.337 e. The van der Waals surface area contributed by atoms with Gasteiger partial charge in [0.05, 0.1) is 17.6 Å². The molecule has 0 atom stereocenters. The third kappa shape index (κ3) is 4.51. The maximum atomic E-state index is 13.3. The van der Waals surface area contributed by atoms with E-state index in [4.69, 9.17) is 0 Å². The highest BCUT2D eigenvalue weighted by Crippen LogP contribution is 2.29. The van der Waals surface area contributed by atoms with E-state index in [-0.39, 0.29) is 28.8 Å². The van der Waals surface area contributed by atoms with Crippen molar-refractivity contribution < 1.29 is 14.5 Å². The van der Waals surface area contributed by atoms with E-state index in [0.29, 0.717) is 12.1 Å². The molecule has 0 radical (unpaired) electrons. The van der Waals surface area contributed by atoms with Crippen LogP contribution in [-0.4, -0.2) is 27.9 Å². The van der Waals surface area contributed by atoms with Gasteiger partial charge in [0.15, 0.2) is 0 Å². The van der Waals surface area contributed by atoms with Gasteiger partial charge in [-0.05, 0) is 63.4 Å². The number of benzene rings is 1. The van der Waals surface area contributed by atoms with Crippen LogP contribution in [0.5, 0.6) is 0 Å². The first-order valence-electron chi connectivity index (χ1n) is 9.11. The van der Waals surface area contributed by atoms with Gasteiger partial charge in [-0.25, -0.2) is 4.39 Å². The zero-order chi connectivity index (χ0) is 18.9. The van der Waals surface area contributed by atoms with E-state index >= 15 is 0 Å². The van der Waals surface area contributed by atoms with Gasteiger partial charge in [0.25, 0.3) is 5.91 Å². The number of halogens is 1. The summed E-state index contributed by atoms with van der Waals surface area (Å²) in [5.41, 5.74) is 0.694. The predicted octanol–water partition coefficient (Wildman–Crippen LogP) is 3.81. The van der Waals surface area contributed by atoms with Gasteiger partial charge in [0, 0.05) is 29.3 Å². The van der Waals surface area contributed by atoms with Crippen LogP contribution in [0.15, 0.2) is 41.8 Å². The molecule has 2 aromatic rings. The van der Waals surface area contributed by atoms with Gasteiger partial charge in [0.2, 0.25) is 0 Å². The van der Waals surface area contributed by atoms with Gasteiger partial charge in [-0.15, -0.1) is 11.3 Å². The fourth-order valence-corrected chi connectivity index (χ4v) is 5.08. The summed E-state index contributed by atoms with van der Waals surface area (Å²) >= 11 is 1.67. The van der Waals surface area contributed by atoms with Crippen LogP contribution < -0.4 is 5.32 Å². The van der Waals surface area contributed by atoms with E-state index in [9.17, 15) is 9.18 Å². The van der Waals surface area contributed by atoms with Crippen LogP contribution in [0.1, 0.15) is 55.8 Å². The number of carbonyl (C=O) groups is 1. The third-order valence-corrected chi connectivity index (χ3v) is 5.87. The average Bonchev–Trinajstić information content (AvgIpc) is 3.03. The van der Waals surface area contributed by atoms with Crippen LogP contribution in [0.25, 0.3) is 0 Å². The van der Waals surface area contributed by atoms with Gasteiger partial charge < -0.3 is 10.2 Å². The fourth-order valence-electron chi connectivity index (χ4n) is 4.38. The summed E-state index contributed by atoms with van der Waals surface area (Å²) in [5, 5.41) is 4.46. The minimum absolute atomic E-state index is 0.0168. The summed E-state index contributed by atoms with van der Waals surface area (Å²) in [4.78, 5) is 16.5. The zero-order valence-corrected chi connectivity index (χ0v) is 16.8. The molecule has 0 aliphatic carbocycles. The molecule has 0 bridgehead atoms. The Labute approximate surface area is 159 Å². The van der Waals surface area contributed by atoms with Gasteiger partial charge in [0.1, 0.15) is 5.82 Å². The number of quaternary nitrogens is 1. The molecule has 1 amide bonds. The average molecular weight is 376 g/mol. The number of piperidine rings is 1. The highest BCUT2D eigenvalue weighted by Gasteiger charge is 2.44. The van der Waals surface area contributed by atoms with Crippen molar-refractivity contribution in [2.75, 3.05) is 0 Å². The number of thiophene rings is 1. The lowest BCUT2D eigenvalue weighted by Crippen LogP contribution is -3.06. The smallest absolute Gasteiger partial charge is 0.254 e. The van der Waals surface area contributed by atoms with Crippen molar-refractivity contribution in [3.8, 4) is 0 Å². The Hall–Kier alpha value is -1.72. The molecule has 0 spiro atoms. The Kier molecular flexibility index (Phi) is 5.22. The zero-order valence-electron chi connectivity index (χ0n) is 16.0. The van der Waals surface area contributed by atoms with Crippen molar-refractivity contribution in [1.82, 2.24) is 4.90 Å². The summed E-state index contributed by atoms with van der Waals surface area (Å²) in [5.74, 6) is -0.335. The van der Waals surface area contributed by atoms with Gasteiger partial charge >= 0.3 is 0 Å². The Bertz CT molecular complexity index is 737. The molecule has 0 saturated carbocycles. The van der Waals surface area contributed by atoms with E-state index < -0.39 is 0 Å². The van der Waals surface area contributed by atoms with Crippen LogP contribution in [0.4, 0.5) is 4.39 Å². The minimum atomic E-state index is -0.319. The van der Waals surface area contributed by atoms with Crippen molar-refractivity contribution in [2.45, 2.75) is 64.2 Å². The predicted molar refractivity (Wildman–Crippen MR) is 104 cm³/mol. The number of carbonyl (C=O) groups excluding carboxylic acids is 1. The van der Waals surface area contributed by atoms with Crippen LogP contribution in [-0.2, 0) is 6.54 Å². The summed E-state index contributed by atoms with van der Waals surface area (Å²) in [6.07, 6.45) is 1.88. The van der Waals surface area contributed by atoms with E-state index in [1.165, 1.54) is 17.0 Å². The van der Waals surface area contributed by atoms with Gasteiger partial charge in [-0.1, -0.05) is 6.07 Å². The van der Waals surface area contributed by atoms with Crippen LogP contribution in [0.2, 0.25) is 0 Å². The SMILES string of the molecule is CC1(C)CC(N(Cc2cccs2)C(=O)c2ccc(F)cc2)CC(C)(C)[NH2+]1. The third-order valence-electron chi connectivity index (χ3n) is 5.00. The molecule has 3 nitrogen and oxygen atoms in total. The first-order valence-corrected chi connectivity index (χ1v) is 9.99. The van der Waals surface area contributed by atoms with E-state index in [1.54, 1.807) is 23.5 Å². The van der Waals surface area contributed by atoms with E-state index in [0.717, 1.165) is 12.8 Å². The summed E-state index contributed by atoms with van der Waals surface area (Å²) < 4.78 is 13.3. The molecular formula is C21H28FN2OS+. The van der Waals surface area contributed by atoms with E-state index in [2.05, 4.69) is 39.1 Å². The number of rotatable bonds is 4. The van der Waals surface area contributed by atoms with Crippen molar-refractivity contribution in [3.05, 3.63) is 58.0 Å². The van der Waals surface area contributed by atoms with Crippen molar-refractivity contribution in [2.24, 2.45) is 0 Å². The lowest BCUT2D eigenvalue weighted by atomic mass is 9.79. The van der Waals surface area contributed by atoms with Crippen molar-refractivity contribution in [3.63, 3.8) is 0 Å². The molecule has 1 aliphatic rings. The summed E-state index contributed by atoms with van der Waals surface area (Å²) in [7, 11) is 0. The molecule has 26 heavy (non-hydrogen) atoms. The number of amides is 1. The first-order chi connectivity index (χ1) is 12.2. The molecule has 1 aromatic heterocycles. The van der Waals surface area contributed by atoms with Crippen molar-refractivity contribution in [1.29, 1.82) is 0 Å². The second-order valence-corrected chi connectivity index (χ2v) is 9.74. The lowest BCUT2D eigenvalue weighted by Gasteiger charge is -2.46. The molecule has 2 heterocycles. The number of nitrogens with two attached hydrogens (primary N) is 1. The standard InChI is InChI=1S/C21H27FN2OS/c1-20(2)12-17(13-21(3,4)23-20)24(14-18-6-5-11-26-18)19(25)15-7-9-16(22)10-8-15/h5-11,17,23H,12-14H2,1-4H3/p+1. The summed E-state index contributed by atoms with van der Waals surface area (Å²) in [6, 6.07) is 10.1. The van der Waals surface area contributed by atoms with Gasteiger partial charge in [-0.2, -0.15) is 0 Å². The fraction of sp³-hybridized carbons (Fsp3) is 0.476. The topological polar surface area (TPSA) is 36.9 Å². The maximum absolute atomic E-state index is 13.3. The minimum Gasteiger partial charge on any atom is -0.337 e. The molecule has 1 aliphatic heterocycles. The van der Waals surface area contributed by atoms with Crippen molar-refractivity contribution >= 4 is 17.2 Å². The molecule has 1 fully saturated rings. The molecule has 5 heteroatoms. The Balaban J connectivity index is 1.92. The molecule has 2 N–H and O–H groups in total. The molecule has 140 valence electrons. The quantitative estimate of drug-likeness (QED) is 0.867. The van der Waals surface area contributed by atoms with Crippen LogP contribution in [0.3, 0.4) is 0 Å². The number of nitrogens with zero attached hydrogens (tertiary/aromatic N) is 1. The van der Waals surface area contributed by atoms with Crippen LogP contribution >= 0.6 is 11.3 Å². The van der Waals surface area contributed by atoms with E-state index in [1.807, 2.05) is 16.3 Å². The Morgan fingerprint density at radius 3 is 2.31 bits per heavy atom.